The first-order chi connectivity index (χ1) is 9.58. The van der Waals surface area contributed by atoms with Crippen LogP contribution in [-0.4, -0.2) is 24.1 Å². The lowest BCUT2D eigenvalue weighted by atomic mass is 9.74. The summed E-state index contributed by atoms with van der Waals surface area (Å²) < 4.78 is 25.6. The zero-order chi connectivity index (χ0) is 14.2. The van der Waals surface area contributed by atoms with E-state index in [4.69, 9.17) is 20.6 Å². The van der Waals surface area contributed by atoms with Crippen molar-refractivity contribution in [1.82, 2.24) is 0 Å². The minimum absolute atomic E-state index is 0.00160. The van der Waals surface area contributed by atoms with Crippen LogP contribution < -0.4 is 10.5 Å². The fraction of sp³-hybridized carbons (Fsp3) is 0.533. The third-order valence-corrected chi connectivity index (χ3v) is 4.25. The predicted octanol–water partition coefficient (Wildman–Crippen LogP) is 2.59. The van der Waals surface area contributed by atoms with Crippen molar-refractivity contribution < 1.29 is 13.9 Å². The van der Waals surface area contributed by atoms with Crippen molar-refractivity contribution in [3.05, 3.63) is 29.6 Å². The molecule has 1 aliphatic carbocycles. The maximum atomic E-state index is 13.9. The Morgan fingerprint density at radius 3 is 2.85 bits per heavy atom. The van der Waals surface area contributed by atoms with E-state index in [0.29, 0.717) is 12.2 Å². The molecule has 1 unspecified atom stereocenters. The molecule has 1 saturated carbocycles. The summed E-state index contributed by atoms with van der Waals surface area (Å²) in [5.74, 6) is -0.377. The second-order valence-corrected chi connectivity index (χ2v) is 5.68. The topological polar surface area (TPSA) is 68.3 Å². The summed E-state index contributed by atoms with van der Waals surface area (Å²) >= 11 is 0. The zero-order valence-electron chi connectivity index (χ0n) is 11.3. The first-order valence-corrected chi connectivity index (χ1v) is 7.03. The van der Waals surface area contributed by atoms with Crippen LogP contribution in [0.3, 0.4) is 0 Å². The van der Waals surface area contributed by atoms with Gasteiger partial charge in [0.05, 0.1) is 12.2 Å². The number of halogens is 1. The van der Waals surface area contributed by atoms with Crippen molar-refractivity contribution in [2.75, 3.05) is 6.61 Å². The van der Waals surface area contributed by atoms with Crippen LogP contribution in [0.15, 0.2) is 18.2 Å². The molecule has 2 fully saturated rings. The van der Waals surface area contributed by atoms with Gasteiger partial charge in [0, 0.05) is 18.4 Å². The van der Waals surface area contributed by atoms with Gasteiger partial charge in [0.1, 0.15) is 11.9 Å². The summed E-state index contributed by atoms with van der Waals surface area (Å²) in [6, 6.07) is 4.41. The monoisotopic (exact) mass is 278 g/mol. The van der Waals surface area contributed by atoms with Crippen LogP contribution in [0, 0.1) is 11.2 Å². The van der Waals surface area contributed by atoms with Gasteiger partial charge in [-0.15, -0.1) is 0 Å². The lowest BCUT2D eigenvalue weighted by Crippen LogP contribution is -2.48. The maximum absolute atomic E-state index is 13.9. The number of amidine groups is 1. The molecule has 0 radical (unpaired) electrons. The van der Waals surface area contributed by atoms with Crippen LogP contribution in [0.2, 0.25) is 0 Å². The quantitative estimate of drug-likeness (QED) is 0.659. The van der Waals surface area contributed by atoms with E-state index in [1.807, 2.05) is 0 Å². The van der Waals surface area contributed by atoms with Gasteiger partial charge >= 0.3 is 0 Å². The number of nitrogen functional groups attached to an aromatic ring is 1. The smallest absolute Gasteiger partial charge is 0.165 e. The van der Waals surface area contributed by atoms with E-state index in [9.17, 15) is 4.39 Å². The summed E-state index contributed by atoms with van der Waals surface area (Å²) in [6.45, 7) is 0.678. The molecule has 1 saturated heterocycles. The summed E-state index contributed by atoms with van der Waals surface area (Å²) in [7, 11) is 0. The molecule has 1 atom stereocenters. The number of ether oxygens (including phenoxy) is 2. The lowest BCUT2D eigenvalue weighted by molar-refractivity contribution is -0.153. The van der Waals surface area contributed by atoms with Gasteiger partial charge in [-0.3, -0.25) is 5.41 Å². The summed E-state index contributed by atoms with van der Waals surface area (Å²) in [4.78, 5) is 0. The summed E-state index contributed by atoms with van der Waals surface area (Å²) in [5.41, 5.74) is 5.69. The fourth-order valence-electron chi connectivity index (χ4n) is 2.95. The molecule has 108 valence electrons. The molecule has 1 aromatic rings. The fourth-order valence-corrected chi connectivity index (χ4v) is 2.95. The Balaban J connectivity index is 1.69. The Kier molecular flexibility index (Phi) is 3.38. The molecule has 4 nitrogen and oxygen atoms in total. The standard InChI is InChI=1S/C15H19FN2O2/c16-12-8-10(14(17)18)2-3-13(12)20-11-4-7-19-15(9-11)5-1-6-15/h2-3,8,11H,1,4-7,9H2,(H3,17,18). The molecule has 1 heterocycles. The molecular formula is C15H19FN2O2. The molecule has 20 heavy (non-hydrogen) atoms. The van der Waals surface area contributed by atoms with Crippen molar-refractivity contribution in [2.45, 2.75) is 43.8 Å². The molecular weight excluding hydrogens is 259 g/mol. The lowest BCUT2D eigenvalue weighted by Gasteiger charge is -2.46. The van der Waals surface area contributed by atoms with Gasteiger partial charge in [-0.05, 0) is 37.5 Å². The largest absolute Gasteiger partial charge is 0.487 e. The number of benzene rings is 1. The van der Waals surface area contributed by atoms with E-state index in [1.54, 1.807) is 12.1 Å². The highest BCUT2D eigenvalue weighted by Crippen LogP contribution is 2.43. The molecule has 5 heteroatoms. The van der Waals surface area contributed by atoms with Crippen molar-refractivity contribution in [1.29, 1.82) is 5.41 Å². The van der Waals surface area contributed by atoms with Crippen LogP contribution in [0.4, 0.5) is 4.39 Å². The second kappa shape index (κ2) is 5.05. The molecule has 3 N–H and O–H groups in total. The first-order valence-electron chi connectivity index (χ1n) is 7.03. The highest BCUT2D eigenvalue weighted by Gasteiger charge is 2.43. The van der Waals surface area contributed by atoms with Crippen LogP contribution in [0.25, 0.3) is 0 Å². The van der Waals surface area contributed by atoms with Gasteiger partial charge < -0.3 is 15.2 Å². The van der Waals surface area contributed by atoms with Gasteiger partial charge in [0.25, 0.3) is 0 Å². The van der Waals surface area contributed by atoms with E-state index < -0.39 is 5.82 Å². The van der Waals surface area contributed by atoms with E-state index in [0.717, 1.165) is 25.7 Å². The zero-order valence-corrected chi connectivity index (χ0v) is 11.3. The number of nitrogens with two attached hydrogens (primary N) is 1. The molecule has 0 aromatic heterocycles. The number of rotatable bonds is 3. The van der Waals surface area contributed by atoms with Crippen molar-refractivity contribution in [2.24, 2.45) is 5.73 Å². The predicted molar refractivity (Wildman–Crippen MR) is 73.6 cm³/mol. The van der Waals surface area contributed by atoms with Gasteiger partial charge in [0.2, 0.25) is 0 Å². The third-order valence-electron chi connectivity index (χ3n) is 4.25. The SMILES string of the molecule is N=C(N)c1ccc(OC2CCOC3(CCC3)C2)c(F)c1. The Bertz CT molecular complexity index is 529. The highest BCUT2D eigenvalue weighted by molar-refractivity contribution is 5.95. The van der Waals surface area contributed by atoms with Gasteiger partial charge in [0.15, 0.2) is 11.6 Å². The average molecular weight is 278 g/mol. The molecule has 0 bridgehead atoms. The van der Waals surface area contributed by atoms with Crippen molar-refractivity contribution >= 4 is 5.84 Å². The van der Waals surface area contributed by atoms with Crippen LogP contribution >= 0.6 is 0 Å². The maximum Gasteiger partial charge on any atom is 0.165 e. The molecule has 3 rings (SSSR count). The van der Waals surface area contributed by atoms with Gasteiger partial charge in [-0.1, -0.05) is 0 Å². The molecule has 1 spiro atoms. The average Bonchev–Trinajstić information content (AvgIpc) is 2.39. The Hall–Kier alpha value is -1.62. The number of nitrogens with one attached hydrogen (secondary N) is 1. The Labute approximate surface area is 117 Å². The summed E-state index contributed by atoms with van der Waals surface area (Å²) in [5, 5.41) is 7.29. The van der Waals surface area contributed by atoms with E-state index >= 15 is 0 Å². The van der Waals surface area contributed by atoms with Crippen LogP contribution in [-0.2, 0) is 4.74 Å². The minimum Gasteiger partial charge on any atom is -0.487 e. The van der Waals surface area contributed by atoms with Crippen LogP contribution in [0.5, 0.6) is 5.75 Å². The first kappa shape index (κ1) is 13.4. The highest BCUT2D eigenvalue weighted by atomic mass is 19.1. The van der Waals surface area contributed by atoms with E-state index in [2.05, 4.69) is 0 Å². The third kappa shape index (κ3) is 2.50. The second-order valence-electron chi connectivity index (χ2n) is 5.68. The van der Waals surface area contributed by atoms with E-state index in [-0.39, 0.29) is 23.3 Å². The number of hydrogen-bond donors (Lipinski definition) is 2. The van der Waals surface area contributed by atoms with Gasteiger partial charge in [-0.2, -0.15) is 0 Å². The normalized spacial score (nSPS) is 24.1. The van der Waals surface area contributed by atoms with Crippen molar-refractivity contribution in [3.8, 4) is 5.75 Å². The number of hydrogen-bond acceptors (Lipinski definition) is 3. The summed E-state index contributed by atoms with van der Waals surface area (Å²) in [6.07, 6.45) is 4.99. The van der Waals surface area contributed by atoms with Crippen LogP contribution in [0.1, 0.15) is 37.7 Å². The molecule has 2 aliphatic rings. The molecule has 1 aliphatic heterocycles. The Morgan fingerprint density at radius 2 is 2.25 bits per heavy atom. The molecule has 1 aromatic carbocycles. The Morgan fingerprint density at radius 1 is 1.45 bits per heavy atom. The van der Waals surface area contributed by atoms with Gasteiger partial charge in [-0.25, -0.2) is 4.39 Å². The minimum atomic E-state index is -0.466. The van der Waals surface area contributed by atoms with Crippen molar-refractivity contribution in [3.63, 3.8) is 0 Å². The molecule has 0 amide bonds. The van der Waals surface area contributed by atoms with E-state index in [1.165, 1.54) is 12.5 Å².